The molecule has 0 spiro atoms. The third kappa shape index (κ3) is 4.58. The highest BCUT2D eigenvalue weighted by Gasteiger charge is 2.34. The average Bonchev–Trinajstić information content (AvgIpc) is 2.84. The van der Waals surface area contributed by atoms with Gasteiger partial charge in [-0.15, -0.1) is 0 Å². The van der Waals surface area contributed by atoms with Gasteiger partial charge in [0, 0.05) is 19.0 Å². The van der Waals surface area contributed by atoms with Gasteiger partial charge in [-0.3, -0.25) is 0 Å². The second kappa shape index (κ2) is 7.10. The van der Waals surface area contributed by atoms with Crippen LogP contribution in [0.3, 0.4) is 0 Å². The summed E-state index contributed by atoms with van der Waals surface area (Å²) in [5.41, 5.74) is 6.34. The fraction of sp³-hybridized carbons (Fsp3) is 0.765. The molecule has 3 N–H and O–H groups in total. The van der Waals surface area contributed by atoms with E-state index >= 15 is 0 Å². The van der Waals surface area contributed by atoms with Gasteiger partial charge in [0.15, 0.2) is 0 Å². The van der Waals surface area contributed by atoms with Gasteiger partial charge in [0.2, 0.25) is 0 Å². The first-order valence-corrected chi connectivity index (χ1v) is 8.40. The van der Waals surface area contributed by atoms with Crippen LogP contribution in [-0.2, 0) is 6.42 Å². The molecule has 0 bridgehead atoms. The zero-order valence-electron chi connectivity index (χ0n) is 13.8. The van der Waals surface area contributed by atoms with Crippen LogP contribution in [0.25, 0.3) is 0 Å². The van der Waals surface area contributed by atoms with Gasteiger partial charge in [-0.25, -0.2) is 9.97 Å². The molecule has 0 amide bonds. The molecule has 0 atom stereocenters. The molecule has 1 saturated carbocycles. The molecule has 0 aliphatic heterocycles. The summed E-state index contributed by atoms with van der Waals surface area (Å²) in [5.74, 6) is 3.06. The van der Waals surface area contributed by atoms with E-state index in [0.29, 0.717) is 11.2 Å². The number of rotatable bonds is 7. The van der Waals surface area contributed by atoms with E-state index in [1.54, 1.807) is 0 Å². The lowest BCUT2D eigenvalue weighted by molar-refractivity contribution is 0.252. The van der Waals surface area contributed by atoms with Crippen molar-refractivity contribution in [1.29, 1.82) is 0 Å². The van der Waals surface area contributed by atoms with E-state index in [1.165, 1.54) is 32.1 Å². The van der Waals surface area contributed by atoms with Crippen molar-refractivity contribution in [3.8, 4) is 0 Å². The van der Waals surface area contributed by atoms with Gasteiger partial charge < -0.3 is 11.1 Å². The van der Waals surface area contributed by atoms with Crippen molar-refractivity contribution in [2.75, 3.05) is 17.6 Å². The summed E-state index contributed by atoms with van der Waals surface area (Å²) in [7, 11) is 0. The van der Waals surface area contributed by atoms with Gasteiger partial charge in [-0.1, -0.05) is 33.6 Å². The molecule has 0 aromatic carbocycles. The number of nitrogens with zero attached hydrogens (tertiary/aromatic N) is 2. The molecule has 1 aliphatic carbocycles. The number of aryl methyl sites for hydroxylation is 1. The number of hydrogen-bond acceptors (Lipinski definition) is 4. The van der Waals surface area contributed by atoms with Gasteiger partial charge in [0.1, 0.15) is 17.5 Å². The third-order valence-corrected chi connectivity index (χ3v) is 4.42. The Kier molecular flexibility index (Phi) is 5.43. The van der Waals surface area contributed by atoms with Crippen molar-refractivity contribution in [3.63, 3.8) is 0 Å². The van der Waals surface area contributed by atoms with Gasteiger partial charge in [-0.2, -0.15) is 0 Å². The van der Waals surface area contributed by atoms with E-state index in [4.69, 9.17) is 5.73 Å². The third-order valence-electron chi connectivity index (χ3n) is 4.42. The first-order chi connectivity index (χ1) is 10.0. The van der Waals surface area contributed by atoms with Crippen LogP contribution in [0.1, 0.15) is 65.1 Å². The molecule has 2 rings (SSSR count). The standard InChI is InChI=1S/C17H30N4/c1-4-7-15-20-14(18)10-16(21-15)19-12-17(11-13(2)3)8-5-6-9-17/h10,13H,4-9,11-12H2,1-3H3,(H3,18,19,20,21). The van der Waals surface area contributed by atoms with Crippen LogP contribution in [0.2, 0.25) is 0 Å². The van der Waals surface area contributed by atoms with E-state index in [-0.39, 0.29) is 0 Å². The second-order valence-corrected chi connectivity index (χ2v) is 7.00. The van der Waals surface area contributed by atoms with Crippen LogP contribution in [-0.4, -0.2) is 16.5 Å². The molecular weight excluding hydrogens is 260 g/mol. The number of aromatic nitrogens is 2. The van der Waals surface area contributed by atoms with E-state index in [2.05, 4.69) is 36.1 Å². The smallest absolute Gasteiger partial charge is 0.133 e. The lowest BCUT2D eigenvalue weighted by atomic mass is 9.78. The number of nitrogens with two attached hydrogens (primary N) is 1. The maximum atomic E-state index is 5.90. The summed E-state index contributed by atoms with van der Waals surface area (Å²) in [6, 6.07) is 1.86. The molecule has 0 saturated heterocycles. The number of hydrogen-bond donors (Lipinski definition) is 2. The van der Waals surface area contributed by atoms with E-state index in [1.807, 2.05) is 6.07 Å². The quantitative estimate of drug-likeness (QED) is 0.795. The van der Waals surface area contributed by atoms with Crippen LogP contribution in [0.4, 0.5) is 11.6 Å². The maximum absolute atomic E-state index is 5.90. The lowest BCUT2D eigenvalue weighted by Crippen LogP contribution is -2.29. The Morgan fingerprint density at radius 2 is 2.00 bits per heavy atom. The average molecular weight is 290 g/mol. The Morgan fingerprint density at radius 3 is 2.62 bits per heavy atom. The first-order valence-electron chi connectivity index (χ1n) is 8.40. The zero-order valence-corrected chi connectivity index (χ0v) is 13.8. The van der Waals surface area contributed by atoms with E-state index in [0.717, 1.165) is 36.9 Å². The molecule has 4 heteroatoms. The Balaban J connectivity index is 2.03. The maximum Gasteiger partial charge on any atom is 0.133 e. The van der Waals surface area contributed by atoms with Crippen molar-refractivity contribution in [3.05, 3.63) is 11.9 Å². The highest BCUT2D eigenvalue weighted by Crippen LogP contribution is 2.43. The number of nitrogens with one attached hydrogen (secondary N) is 1. The zero-order chi connectivity index (χ0) is 15.3. The molecule has 1 heterocycles. The molecule has 1 aliphatic rings. The predicted molar refractivity (Wildman–Crippen MR) is 89.3 cm³/mol. The van der Waals surface area contributed by atoms with Crippen molar-refractivity contribution in [2.45, 2.75) is 65.7 Å². The summed E-state index contributed by atoms with van der Waals surface area (Å²) >= 11 is 0. The van der Waals surface area contributed by atoms with Crippen LogP contribution >= 0.6 is 0 Å². The van der Waals surface area contributed by atoms with E-state index in [9.17, 15) is 0 Å². The molecule has 0 radical (unpaired) electrons. The minimum absolute atomic E-state index is 0.443. The topological polar surface area (TPSA) is 63.8 Å². The van der Waals surface area contributed by atoms with Crippen molar-refractivity contribution in [2.24, 2.45) is 11.3 Å². The molecule has 118 valence electrons. The summed E-state index contributed by atoms with van der Waals surface area (Å²) in [6.07, 6.45) is 8.61. The van der Waals surface area contributed by atoms with Crippen molar-refractivity contribution < 1.29 is 0 Å². The van der Waals surface area contributed by atoms with E-state index < -0.39 is 0 Å². The Morgan fingerprint density at radius 1 is 1.29 bits per heavy atom. The fourth-order valence-corrected chi connectivity index (χ4v) is 3.67. The normalized spacial score (nSPS) is 17.3. The van der Waals surface area contributed by atoms with Gasteiger partial charge in [0.05, 0.1) is 0 Å². The monoisotopic (exact) mass is 290 g/mol. The van der Waals surface area contributed by atoms with Gasteiger partial charge in [-0.05, 0) is 37.0 Å². The van der Waals surface area contributed by atoms with Crippen molar-refractivity contribution in [1.82, 2.24) is 9.97 Å². The molecule has 4 nitrogen and oxygen atoms in total. The molecule has 1 aromatic heterocycles. The minimum atomic E-state index is 0.443. The highest BCUT2D eigenvalue weighted by molar-refractivity contribution is 5.44. The molecule has 1 fully saturated rings. The Labute approximate surface area is 128 Å². The lowest BCUT2D eigenvalue weighted by Gasteiger charge is -2.31. The summed E-state index contributed by atoms with van der Waals surface area (Å²) in [4.78, 5) is 8.89. The first kappa shape index (κ1) is 16.1. The molecule has 1 aromatic rings. The Hall–Kier alpha value is -1.32. The highest BCUT2D eigenvalue weighted by atomic mass is 15.1. The van der Waals surface area contributed by atoms with Crippen LogP contribution < -0.4 is 11.1 Å². The predicted octanol–water partition coefficient (Wildman–Crippen LogP) is 4.03. The minimum Gasteiger partial charge on any atom is -0.384 e. The summed E-state index contributed by atoms with van der Waals surface area (Å²) in [5, 5.41) is 3.54. The number of anilines is 2. The van der Waals surface area contributed by atoms with Crippen LogP contribution in [0.5, 0.6) is 0 Å². The molecule has 0 unspecified atom stereocenters. The van der Waals surface area contributed by atoms with Crippen LogP contribution in [0.15, 0.2) is 6.07 Å². The Bertz CT molecular complexity index is 450. The molecular formula is C17H30N4. The van der Waals surface area contributed by atoms with Crippen LogP contribution in [0, 0.1) is 11.3 Å². The van der Waals surface area contributed by atoms with Crippen molar-refractivity contribution >= 4 is 11.6 Å². The molecule has 21 heavy (non-hydrogen) atoms. The SMILES string of the molecule is CCCc1nc(N)cc(NCC2(CC(C)C)CCCC2)n1. The number of nitrogen functional groups attached to an aromatic ring is 1. The fourth-order valence-electron chi connectivity index (χ4n) is 3.67. The second-order valence-electron chi connectivity index (χ2n) is 7.00. The van der Waals surface area contributed by atoms with Gasteiger partial charge in [0.25, 0.3) is 0 Å². The van der Waals surface area contributed by atoms with Gasteiger partial charge >= 0.3 is 0 Å². The summed E-state index contributed by atoms with van der Waals surface area (Å²) in [6.45, 7) is 7.78. The summed E-state index contributed by atoms with van der Waals surface area (Å²) < 4.78 is 0. The largest absolute Gasteiger partial charge is 0.384 e.